The van der Waals surface area contributed by atoms with Crippen LogP contribution in [0.25, 0.3) is 6.08 Å². The van der Waals surface area contributed by atoms with Crippen LogP contribution in [0, 0.1) is 19.8 Å². The van der Waals surface area contributed by atoms with E-state index >= 15 is 0 Å². The molecule has 2 aromatic rings. The molecule has 0 aliphatic carbocycles. The monoisotopic (exact) mass is 435 g/mol. The minimum atomic E-state index is -0.165. The van der Waals surface area contributed by atoms with Crippen molar-refractivity contribution in [3.63, 3.8) is 0 Å². The molecule has 0 saturated carbocycles. The van der Waals surface area contributed by atoms with E-state index in [1.165, 1.54) is 0 Å². The van der Waals surface area contributed by atoms with Gasteiger partial charge in [0.15, 0.2) is 5.76 Å². The molecule has 2 aromatic carbocycles. The van der Waals surface area contributed by atoms with Crippen LogP contribution in [0.1, 0.15) is 52.4 Å². The molecule has 4 rings (SSSR count). The van der Waals surface area contributed by atoms with Crippen molar-refractivity contribution < 1.29 is 24.2 Å². The summed E-state index contributed by atoms with van der Waals surface area (Å²) in [7, 11) is 0. The van der Waals surface area contributed by atoms with Gasteiger partial charge >= 0.3 is 5.97 Å². The van der Waals surface area contributed by atoms with Crippen molar-refractivity contribution in [3.8, 4) is 11.5 Å². The third-order valence-electron chi connectivity index (χ3n) is 6.15. The molecule has 0 spiro atoms. The molecular weight excluding hydrogens is 406 g/mol. The molecule has 6 nitrogen and oxygen atoms in total. The van der Waals surface area contributed by atoms with Crippen molar-refractivity contribution in [3.05, 3.63) is 63.9 Å². The number of aromatic hydroxyl groups is 1. The van der Waals surface area contributed by atoms with E-state index in [9.17, 15) is 14.7 Å². The Morgan fingerprint density at radius 3 is 2.69 bits per heavy atom. The lowest BCUT2D eigenvalue weighted by molar-refractivity contribution is -0.149. The van der Waals surface area contributed by atoms with E-state index in [0.717, 1.165) is 11.1 Å². The molecule has 0 unspecified atom stereocenters. The minimum Gasteiger partial charge on any atom is -0.507 e. The number of allylic oxidation sites excluding steroid dienone is 1. The van der Waals surface area contributed by atoms with Gasteiger partial charge in [-0.05, 0) is 70.0 Å². The highest BCUT2D eigenvalue weighted by Gasteiger charge is 2.34. The van der Waals surface area contributed by atoms with E-state index < -0.39 is 0 Å². The number of rotatable bonds is 5. The highest BCUT2D eigenvalue weighted by Crippen LogP contribution is 2.42. The van der Waals surface area contributed by atoms with Gasteiger partial charge in [-0.15, -0.1) is 0 Å². The molecule has 32 heavy (non-hydrogen) atoms. The van der Waals surface area contributed by atoms with Gasteiger partial charge in [0, 0.05) is 6.54 Å². The molecule has 2 aliphatic rings. The van der Waals surface area contributed by atoms with Gasteiger partial charge in [-0.3, -0.25) is 14.5 Å². The summed E-state index contributed by atoms with van der Waals surface area (Å²) in [5, 5.41) is 10.7. The van der Waals surface area contributed by atoms with Crippen LogP contribution in [0.4, 0.5) is 0 Å². The standard InChI is InChI=1S/C26H29NO5/c1-4-31-26(30)19-8-10-27(11-9-19)15-20-21(28)13-17(3)23-24(29)22(32-25(20)23)14-18-7-5-6-16(2)12-18/h5-7,12-14,19,28H,4,8-11,15H2,1-3H3/b22-14-. The van der Waals surface area contributed by atoms with Gasteiger partial charge in [-0.25, -0.2) is 0 Å². The van der Waals surface area contributed by atoms with Crippen LogP contribution in [-0.2, 0) is 16.1 Å². The van der Waals surface area contributed by atoms with E-state index in [1.807, 2.05) is 45.0 Å². The summed E-state index contributed by atoms with van der Waals surface area (Å²) < 4.78 is 11.2. The second-order valence-electron chi connectivity index (χ2n) is 8.55. The van der Waals surface area contributed by atoms with Crippen molar-refractivity contribution >= 4 is 17.8 Å². The maximum Gasteiger partial charge on any atom is 0.309 e. The number of hydrogen-bond donors (Lipinski definition) is 1. The van der Waals surface area contributed by atoms with Gasteiger partial charge < -0.3 is 14.6 Å². The van der Waals surface area contributed by atoms with Gasteiger partial charge in [-0.2, -0.15) is 0 Å². The predicted octanol–water partition coefficient (Wildman–Crippen LogP) is 4.40. The quantitative estimate of drug-likeness (QED) is 0.554. The van der Waals surface area contributed by atoms with Crippen LogP contribution in [0.2, 0.25) is 0 Å². The van der Waals surface area contributed by atoms with Crippen molar-refractivity contribution in [1.82, 2.24) is 4.90 Å². The molecule has 1 fully saturated rings. The van der Waals surface area contributed by atoms with Crippen LogP contribution >= 0.6 is 0 Å². The first-order valence-corrected chi connectivity index (χ1v) is 11.1. The van der Waals surface area contributed by atoms with Gasteiger partial charge in [0.25, 0.3) is 0 Å². The number of carbonyl (C=O) groups is 2. The van der Waals surface area contributed by atoms with E-state index in [0.29, 0.717) is 61.5 Å². The first-order chi connectivity index (χ1) is 15.4. The summed E-state index contributed by atoms with van der Waals surface area (Å²) in [5.74, 6) is 0.455. The number of hydrogen-bond acceptors (Lipinski definition) is 6. The lowest BCUT2D eigenvalue weighted by Crippen LogP contribution is -2.36. The second-order valence-corrected chi connectivity index (χ2v) is 8.55. The summed E-state index contributed by atoms with van der Waals surface area (Å²) in [6, 6.07) is 9.50. The first-order valence-electron chi connectivity index (χ1n) is 11.1. The van der Waals surface area contributed by atoms with Gasteiger partial charge in [0.2, 0.25) is 5.78 Å². The fraction of sp³-hybridized carbons (Fsp3) is 0.385. The zero-order valence-corrected chi connectivity index (χ0v) is 18.8. The molecule has 0 radical (unpaired) electrons. The molecule has 1 N–H and O–H groups in total. The van der Waals surface area contributed by atoms with Crippen LogP contribution in [0.3, 0.4) is 0 Å². The topological polar surface area (TPSA) is 76.1 Å². The Hall–Kier alpha value is -3.12. The van der Waals surface area contributed by atoms with Crippen molar-refractivity contribution in [2.45, 2.75) is 40.2 Å². The summed E-state index contributed by atoms with van der Waals surface area (Å²) >= 11 is 0. The van der Waals surface area contributed by atoms with E-state index in [1.54, 1.807) is 12.1 Å². The maximum atomic E-state index is 13.1. The number of nitrogens with zero attached hydrogens (tertiary/aromatic N) is 1. The Labute approximate surface area is 188 Å². The molecule has 0 aromatic heterocycles. The number of carbonyl (C=O) groups excluding carboxylic acids is 2. The largest absolute Gasteiger partial charge is 0.507 e. The molecule has 168 valence electrons. The molecule has 0 amide bonds. The first kappa shape index (κ1) is 22.1. The number of esters is 1. The third kappa shape index (κ3) is 4.41. The molecule has 1 saturated heterocycles. The normalized spacial score (nSPS) is 18.0. The second kappa shape index (κ2) is 9.17. The Morgan fingerprint density at radius 2 is 2.00 bits per heavy atom. The number of Topliss-reactive ketones (excluding diaryl/α,β-unsaturated/α-hetero) is 1. The zero-order chi connectivity index (χ0) is 22.8. The van der Waals surface area contributed by atoms with Crippen molar-refractivity contribution in [2.75, 3.05) is 19.7 Å². The minimum absolute atomic E-state index is 0.0785. The average Bonchev–Trinajstić information content (AvgIpc) is 3.08. The molecular formula is C26H29NO5. The Kier molecular flexibility index (Phi) is 6.33. The van der Waals surface area contributed by atoms with E-state index in [2.05, 4.69) is 4.90 Å². The van der Waals surface area contributed by atoms with Crippen molar-refractivity contribution in [1.29, 1.82) is 0 Å². The molecule has 0 atom stereocenters. The molecule has 2 aliphatic heterocycles. The number of likely N-dealkylation sites (tertiary alicyclic amines) is 1. The average molecular weight is 436 g/mol. The Morgan fingerprint density at radius 1 is 1.25 bits per heavy atom. The van der Waals surface area contributed by atoms with Gasteiger partial charge in [0.1, 0.15) is 11.5 Å². The number of phenolic OH excluding ortho intramolecular Hbond substituents is 1. The Balaban J connectivity index is 1.56. The number of ether oxygens (including phenoxy) is 2. The number of benzene rings is 2. The van der Waals surface area contributed by atoms with Gasteiger partial charge in [-0.1, -0.05) is 29.8 Å². The van der Waals surface area contributed by atoms with Gasteiger partial charge in [0.05, 0.1) is 23.7 Å². The molecule has 6 heteroatoms. The third-order valence-corrected chi connectivity index (χ3v) is 6.15. The van der Waals surface area contributed by atoms with Crippen LogP contribution in [0.5, 0.6) is 11.5 Å². The smallest absolute Gasteiger partial charge is 0.309 e. The molecule has 0 bridgehead atoms. The lowest BCUT2D eigenvalue weighted by Gasteiger charge is -2.31. The zero-order valence-electron chi connectivity index (χ0n) is 18.8. The highest BCUT2D eigenvalue weighted by molar-refractivity contribution is 6.15. The fourth-order valence-electron chi connectivity index (χ4n) is 4.45. The summed E-state index contributed by atoms with van der Waals surface area (Å²) in [5.41, 5.74) is 3.81. The van der Waals surface area contributed by atoms with E-state index in [4.69, 9.17) is 9.47 Å². The number of fused-ring (bicyclic) bond motifs is 1. The summed E-state index contributed by atoms with van der Waals surface area (Å²) in [4.78, 5) is 27.3. The van der Waals surface area contributed by atoms with E-state index in [-0.39, 0.29) is 29.2 Å². The van der Waals surface area contributed by atoms with Crippen molar-refractivity contribution in [2.24, 2.45) is 5.92 Å². The highest BCUT2D eigenvalue weighted by atomic mass is 16.5. The predicted molar refractivity (Wildman–Crippen MR) is 122 cm³/mol. The SMILES string of the molecule is CCOC(=O)C1CCN(Cc2c(O)cc(C)c3c2O/C(=C\c2cccc(C)c2)C3=O)CC1. The van der Waals surface area contributed by atoms with Crippen LogP contribution in [0.15, 0.2) is 36.1 Å². The number of phenols is 1. The maximum absolute atomic E-state index is 13.1. The number of aryl methyl sites for hydroxylation is 2. The Bertz CT molecular complexity index is 1080. The summed E-state index contributed by atoms with van der Waals surface area (Å²) in [6.07, 6.45) is 3.18. The van der Waals surface area contributed by atoms with Crippen LogP contribution in [-0.4, -0.2) is 41.5 Å². The number of ketones is 1. The fourth-order valence-corrected chi connectivity index (χ4v) is 4.45. The molecule has 2 heterocycles. The van der Waals surface area contributed by atoms with Crippen LogP contribution < -0.4 is 4.74 Å². The number of piperidine rings is 1. The lowest BCUT2D eigenvalue weighted by atomic mass is 9.95. The summed E-state index contributed by atoms with van der Waals surface area (Å²) in [6.45, 7) is 7.90.